The first-order chi connectivity index (χ1) is 11.2. The second-order valence-corrected chi connectivity index (χ2v) is 6.05. The number of aromatic nitrogens is 7. The molecular formula is C15H20N8. The van der Waals surface area contributed by atoms with Crippen molar-refractivity contribution >= 4 is 16.9 Å². The van der Waals surface area contributed by atoms with E-state index in [0.717, 1.165) is 41.5 Å². The van der Waals surface area contributed by atoms with E-state index in [0.29, 0.717) is 6.54 Å². The molecule has 4 rings (SSSR count). The highest BCUT2D eigenvalue weighted by molar-refractivity contribution is 5.86. The first-order valence-electron chi connectivity index (χ1n) is 7.99. The van der Waals surface area contributed by atoms with Crippen LogP contribution in [-0.2, 0) is 26.6 Å². The predicted molar refractivity (Wildman–Crippen MR) is 86.0 cm³/mol. The van der Waals surface area contributed by atoms with Crippen LogP contribution in [0.2, 0.25) is 0 Å². The van der Waals surface area contributed by atoms with E-state index in [4.69, 9.17) is 0 Å². The third kappa shape index (κ3) is 2.43. The number of fused-ring (bicyclic) bond motifs is 2. The molecule has 0 bridgehead atoms. The number of hydrogen-bond acceptors (Lipinski definition) is 6. The Labute approximate surface area is 134 Å². The number of hydrogen-bond donors (Lipinski definition) is 0. The molecule has 8 nitrogen and oxygen atoms in total. The maximum Gasteiger partial charge on any atom is 0.163 e. The van der Waals surface area contributed by atoms with Crippen molar-refractivity contribution in [2.24, 2.45) is 7.05 Å². The highest BCUT2D eigenvalue weighted by Gasteiger charge is 2.18. The molecule has 0 spiro atoms. The third-order valence-electron chi connectivity index (χ3n) is 4.43. The normalized spacial score (nSPS) is 14.7. The number of nitrogens with zero attached hydrogens (tertiary/aromatic N) is 8. The van der Waals surface area contributed by atoms with Crippen LogP contribution in [0.3, 0.4) is 0 Å². The molecule has 3 aromatic heterocycles. The largest absolute Gasteiger partial charge is 0.351 e. The van der Waals surface area contributed by atoms with Crippen LogP contribution >= 0.6 is 0 Å². The molecule has 0 amide bonds. The minimum absolute atomic E-state index is 0.675. The maximum atomic E-state index is 4.44. The smallest absolute Gasteiger partial charge is 0.163 e. The molecule has 0 aliphatic carbocycles. The third-order valence-corrected chi connectivity index (χ3v) is 4.43. The molecule has 0 N–H and O–H groups in total. The van der Waals surface area contributed by atoms with Gasteiger partial charge >= 0.3 is 0 Å². The number of rotatable bonds is 3. The summed E-state index contributed by atoms with van der Waals surface area (Å²) >= 11 is 0. The molecule has 4 heterocycles. The lowest BCUT2D eigenvalue weighted by Gasteiger charge is -2.18. The number of anilines is 1. The van der Waals surface area contributed by atoms with Crippen molar-refractivity contribution in [1.29, 1.82) is 0 Å². The van der Waals surface area contributed by atoms with Gasteiger partial charge in [-0.25, -0.2) is 9.97 Å². The van der Waals surface area contributed by atoms with Gasteiger partial charge in [-0.3, -0.25) is 4.68 Å². The second-order valence-electron chi connectivity index (χ2n) is 6.05. The van der Waals surface area contributed by atoms with E-state index in [9.17, 15) is 0 Å². The zero-order valence-corrected chi connectivity index (χ0v) is 13.5. The molecule has 0 atom stereocenters. The zero-order chi connectivity index (χ0) is 15.8. The van der Waals surface area contributed by atoms with E-state index in [1.807, 2.05) is 20.3 Å². The van der Waals surface area contributed by atoms with Crippen molar-refractivity contribution in [1.82, 2.24) is 34.5 Å². The van der Waals surface area contributed by atoms with Gasteiger partial charge in [0.1, 0.15) is 18.0 Å². The van der Waals surface area contributed by atoms with E-state index in [1.165, 1.54) is 19.3 Å². The second kappa shape index (κ2) is 5.60. The van der Waals surface area contributed by atoms with Gasteiger partial charge in [-0.15, -0.1) is 10.2 Å². The van der Waals surface area contributed by atoms with Gasteiger partial charge in [0, 0.05) is 27.1 Å². The first-order valence-corrected chi connectivity index (χ1v) is 7.99. The lowest BCUT2D eigenvalue weighted by molar-refractivity contribution is 0.601. The van der Waals surface area contributed by atoms with Crippen LogP contribution in [0, 0.1) is 0 Å². The van der Waals surface area contributed by atoms with Crippen molar-refractivity contribution < 1.29 is 0 Å². The lowest BCUT2D eigenvalue weighted by atomic mass is 10.2. The van der Waals surface area contributed by atoms with E-state index in [-0.39, 0.29) is 0 Å². The molecule has 0 unspecified atom stereocenters. The fourth-order valence-corrected chi connectivity index (χ4v) is 3.20. The van der Waals surface area contributed by atoms with E-state index < -0.39 is 0 Å². The van der Waals surface area contributed by atoms with Crippen LogP contribution in [0.25, 0.3) is 11.0 Å². The molecule has 23 heavy (non-hydrogen) atoms. The van der Waals surface area contributed by atoms with Crippen LogP contribution in [0.5, 0.6) is 0 Å². The standard InChI is InChI=1S/C15H20N8/c1-21(14-11-8-18-22(2)15(11)17-10-16-14)9-13-20-19-12-6-4-3-5-7-23(12)13/h8,10H,3-7,9H2,1-2H3. The van der Waals surface area contributed by atoms with Crippen molar-refractivity contribution in [2.45, 2.75) is 38.8 Å². The molecule has 120 valence electrons. The van der Waals surface area contributed by atoms with Crippen LogP contribution in [0.4, 0.5) is 5.82 Å². The van der Waals surface area contributed by atoms with E-state index in [2.05, 4.69) is 34.7 Å². The molecule has 1 aliphatic rings. The Morgan fingerprint density at radius 3 is 3.00 bits per heavy atom. The lowest BCUT2D eigenvalue weighted by Crippen LogP contribution is -2.21. The quantitative estimate of drug-likeness (QED) is 0.726. The Kier molecular flexibility index (Phi) is 3.44. The van der Waals surface area contributed by atoms with Crippen LogP contribution in [-0.4, -0.2) is 41.6 Å². The van der Waals surface area contributed by atoms with Crippen molar-refractivity contribution in [2.75, 3.05) is 11.9 Å². The minimum Gasteiger partial charge on any atom is -0.351 e. The summed E-state index contributed by atoms with van der Waals surface area (Å²) in [5, 5.41) is 14.0. The summed E-state index contributed by atoms with van der Waals surface area (Å²) in [6, 6.07) is 0. The predicted octanol–water partition coefficient (Wildman–Crippen LogP) is 1.32. The van der Waals surface area contributed by atoms with Crippen molar-refractivity contribution in [3.05, 3.63) is 24.2 Å². The summed E-state index contributed by atoms with van der Waals surface area (Å²) < 4.78 is 4.03. The number of aryl methyl sites for hydroxylation is 2. The average Bonchev–Trinajstić information content (AvgIpc) is 3.03. The van der Waals surface area contributed by atoms with Crippen molar-refractivity contribution in [3.8, 4) is 0 Å². The van der Waals surface area contributed by atoms with Gasteiger partial charge in [-0.2, -0.15) is 5.10 Å². The van der Waals surface area contributed by atoms with E-state index >= 15 is 0 Å². The van der Waals surface area contributed by atoms with Gasteiger partial charge in [-0.1, -0.05) is 6.42 Å². The average molecular weight is 312 g/mol. The molecule has 0 saturated heterocycles. The van der Waals surface area contributed by atoms with Gasteiger partial charge in [0.05, 0.1) is 18.1 Å². The molecule has 8 heteroatoms. The highest BCUT2D eigenvalue weighted by Crippen LogP contribution is 2.23. The van der Waals surface area contributed by atoms with Gasteiger partial charge in [0.15, 0.2) is 11.5 Å². The highest BCUT2D eigenvalue weighted by atomic mass is 15.3. The van der Waals surface area contributed by atoms with Crippen molar-refractivity contribution in [3.63, 3.8) is 0 Å². The molecule has 0 fully saturated rings. The van der Waals surface area contributed by atoms with E-state index in [1.54, 1.807) is 11.0 Å². The summed E-state index contributed by atoms with van der Waals surface area (Å²) in [6.45, 7) is 1.69. The Morgan fingerprint density at radius 2 is 2.09 bits per heavy atom. The molecule has 1 aliphatic heterocycles. The molecule has 0 saturated carbocycles. The molecule has 0 aromatic carbocycles. The molecular weight excluding hydrogens is 292 g/mol. The Morgan fingerprint density at radius 1 is 1.17 bits per heavy atom. The monoisotopic (exact) mass is 312 g/mol. The Bertz CT molecular complexity index is 833. The minimum atomic E-state index is 0.675. The van der Waals surface area contributed by atoms with Crippen LogP contribution in [0.1, 0.15) is 30.9 Å². The van der Waals surface area contributed by atoms with Gasteiger partial charge in [-0.05, 0) is 12.8 Å². The maximum absolute atomic E-state index is 4.44. The fourth-order valence-electron chi connectivity index (χ4n) is 3.20. The summed E-state index contributed by atoms with van der Waals surface area (Å²) in [5.74, 6) is 2.98. The Balaban J connectivity index is 1.65. The summed E-state index contributed by atoms with van der Waals surface area (Å²) in [5.41, 5.74) is 0.835. The van der Waals surface area contributed by atoms with Gasteiger partial charge in [0.2, 0.25) is 0 Å². The first kappa shape index (κ1) is 14.1. The summed E-state index contributed by atoms with van der Waals surface area (Å²) in [6.07, 6.45) is 8.09. The SMILES string of the molecule is CN(Cc1nnc2n1CCCCC2)c1ncnc2c1cnn2C. The summed E-state index contributed by atoms with van der Waals surface area (Å²) in [7, 11) is 3.91. The molecule has 3 aromatic rings. The Hall–Kier alpha value is -2.51. The fraction of sp³-hybridized carbons (Fsp3) is 0.533. The topological polar surface area (TPSA) is 77.6 Å². The van der Waals surface area contributed by atoms with Crippen LogP contribution in [0.15, 0.2) is 12.5 Å². The van der Waals surface area contributed by atoms with Crippen LogP contribution < -0.4 is 4.90 Å². The van der Waals surface area contributed by atoms with Gasteiger partial charge in [0.25, 0.3) is 0 Å². The molecule has 0 radical (unpaired) electrons. The van der Waals surface area contributed by atoms with Gasteiger partial charge < -0.3 is 9.47 Å². The summed E-state index contributed by atoms with van der Waals surface area (Å²) in [4.78, 5) is 10.8. The zero-order valence-electron chi connectivity index (χ0n) is 13.5.